The number of likely N-dealkylation sites (tertiary alicyclic amines) is 1. The molecule has 0 radical (unpaired) electrons. The summed E-state index contributed by atoms with van der Waals surface area (Å²) in [6.45, 7) is 5.90. The molecule has 2 heterocycles. The third kappa shape index (κ3) is 6.90. The average molecular weight is 361 g/mol. The predicted octanol–water partition coefficient (Wildman–Crippen LogP) is 1.94. The van der Waals surface area contributed by atoms with Crippen LogP contribution < -0.4 is 15.4 Å². The van der Waals surface area contributed by atoms with Crippen molar-refractivity contribution in [3.05, 3.63) is 23.9 Å². The van der Waals surface area contributed by atoms with E-state index in [0.29, 0.717) is 24.8 Å². The Morgan fingerprint density at radius 1 is 1.35 bits per heavy atom. The molecule has 1 aromatic rings. The monoisotopic (exact) mass is 361 g/mol. The number of carbonyl (C=O) groups excluding carboxylic acids is 1. The van der Waals surface area contributed by atoms with Crippen molar-refractivity contribution in [2.45, 2.75) is 45.6 Å². The van der Waals surface area contributed by atoms with E-state index >= 15 is 0 Å². The highest BCUT2D eigenvalue weighted by molar-refractivity contribution is 5.79. The maximum atomic E-state index is 12.0. The first-order chi connectivity index (χ1) is 12.7. The Morgan fingerprint density at radius 2 is 2.23 bits per heavy atom. The van der Waals surface area contributed by atoms with Crippen molar-refractivity contribution in [1.29, 1.82) is 0 Å². The van der Waals surface area contributed by atoms with E-state index in [2.05, 4.69) is 20.6 Å². The smallest absolute Gasteiger partial charge is 0.222 e. The molecule has 26 heavy (non-hydrogen) atoms. The zero-order valence-electron chi connectivity index (χ0n) is 16.0. The molecule has 1 aliphatic rings. The van der Waals surface area contributed by atoms with Gasteiger partial charge in [-0.25, -0.2) is 9.98 Å². The first-order valence-corrected chi connectivity index (χ1v) is 9.51. The zero-order chi connectivity index (χ0) is 18.6. The Balaban J connectivity index is 1.78. The fraction of sp³-hybridized carbons (Fsp3) is 0.632. The van der Waals surface area contributed by atoms with E-state index in [4.69, 9.17) is 4.74 Å². The average Bonchev–Trinajstić information content (AvgIpc) is 2.87. The molecular formula is C19H31N5O2. The number of hydrogen-bond donors (Lipinski definition) is 2. The quantitative estimate of drug-likeness (QED) is 0.420. The summed E-state index contributed by atoms with van der Waals surface area (Å²) in [5, 5.41) is 6.59. The Kier molecular flexibility index (Phi) is 8.72. The second-order valence-electron chi connectivity index (χ2n) is 6.37. The second-order valence-corrected chi connectivity index (χ2v) is 6.37. The maximum Gasteiger partial charge on any atom is 0.222 e. The Morgan fingerprint density at radius 3 is 3.04 bits per heavy atom. The van der Waals surface area contributed by atoms with Gasteiger partial charge in [-0.2, -0.15) is 0 Å². The number of aliphatic imine (C=N–C) groups is 1. The van der Waals surface area contributed by atoms with Crippen LogP contribution in [0.2, 0.25) is 0 Å². The maximum absolute atomic E-state index is 12.0. The number of amides is 1. The standard InChI is InChI=1S/C19H31N5O2/c1-3-20-19(23-15-16-9-11-21-17(14-16)26-2)22-10-7-13-24-12-6-4-5-8-18(24)25/h9,11,14H,3-8,10,12-13,15H2,1-2H3,(H2,20,22,23). The van der Waals surface area contributed by atoms with E-state index < -0.39 is 0 Å². The van der Waals surface area contributed by atoms with Crippen LogP contribution >= 0.6 is 0 Å². The third-order valence-corrected chi connectivity index (χ3v) is 4.34. The second kappa shape index (κ2) is 11.3. The van der Waals surface area contributed by atoms with Crippen LogP contribution in [0.25, 0.3) is 0 Å². The first kappa shape index (κ1) is 20.0. The molecule has 1 aliphatic heterocycles. The molecule has 0 unspecified atom stereocenters. The predicted molar refractivity (Wildman–Crippen MR) is 103 cm³/mol. The molecule has 0 saturated carbocycles. The molecule has 7 heteroatoms. The van der Waals surface area contributed by atoms with E-state index in [1.165, 1.54) is 0 Å². The number of nitrogens with zero attached hydrogens (tertiary/aromatic N) is 3. The molecule has 2 N–H and O–H groups in total. The number of methoxy groups -OCH3 is 1. The first-order valence-electron chi connectivity index (χ1n) is 9.51. The van der Waals surface area contributed by atoms with Crippen molar-refractivity contribution >= 4 is 11.9 Å². The van der Waals surface area contributed by atoms with Gasteiger partial charge in [0.2, 0.25) is 11.8 Å². The van der Waals surface area contributed by atoms with Gasteiger partial charge in [0.25, 0.3) is 0 Å². The highest BCUT2D eigenvalue weighted by atomic mass is 16.5. The van der Waals surface area contributed by atoms with Crippen LogP contribution in [0.15, 0.2) is 23.3 Å². The molecular weight excluding hydrogens is 330 g/mol. The minimum Gasteiger partial charge on any atom is -0.481 e. The summed E-state index contributed by atoms with van der Waals surface area (Å²) in [4.78, 5) is 22.7. The highest BCUT2D eigenvalue weighted by Gasteiger charge is 2.15. The molecule has 144 valence electrons. The minimum atomic E-state index is 0.301. The topological polar surface area (TPSA) is 78.9 Å². The molecule has 7 nitrogen and oxygen atoms in total. The van der Waals surface area contributed by atoms with Crippen molar-refractivity contribution in [2.75, 3.05) is 33.3 Å². The summed E-state index contributed by atoms with van der Waals surface area (Å²) in [5.74, 6) is 1.68. The number of hydrogen-bond acceptors (Lipinski definition) is 4. The van der Waals surface area contributed by atoms with Crippen LogP contribution in [0, 0.1) is 0 Å². The van der Waals surface area contributed by atoms with Gasteiger partial charge in [-0.05, 0) is 37.8 Å². The number of rotatable bonds is 8. The fourth-order valence-corrected chi connectivity index (χ4v) is 2.92. The summed E-state index contributed by atoms with van der Waals surface area (Å²) in [6.07, 6.45) is 6.66. The summed E-state index contributed by atoms with van der Waals surface area (Å²) in [7, 11) is 1.61. The number of nitrogens with one attached hydrogen (secondary N) is 2. The van der Waals surface area contributed by atoms with Crippen LogP contribution in [-0.2, 0) is 11.3 Å². The summed E-state index contributed by atoms with van der Waals surface area (Å²) >= 11 is 0. The Labute approximate surface area is 156 Å². The number of aromatic nitrogens is 1. The van der Waals surface area contributed by atoms with Gasteiger partial charge in [0, 0.05) is 44.9 Å². The number of ether oxygens (including phenoxy) is 1. The summed E-state index contributed by atoms with van der Waals surface area (Å²) in [5.41, 5.74) is 1.05. The van der Waals surface area contributed by atoms with Crippen molar-refractivity contribution in [3.63, 3.8) is 0 Å². The van der Waals surface area contributed by atoms with E-state index in [9.17, 15) is 4.79 Å². The van der Waals surface area contributed by atoms with Crippen molar-refractivity contribution in [3.8, 4) is 5.88 Å². The molecule has 0 bridgehead atoms. The molecule has 1 amide bonds. The van der Waals surface area contributed by atoms with E-state index in [0.717, 1.165) is 63.4 Å². The van der Waals surface area contributed by atoms with Gasteiger partial charge in [-0.3, -0.25) is 4.79 Å². The summed E-state index contributed by atoms with van der Waals surface area (Å²) in [6, 6.07) is 3.82. The molecule has 0 spiro atoms. The summed E-state index contributed by atoms with van der Waals surface area (Å²) < 4.78 is 5.14. The lowest BCUT2D eigenvalue weighted by Crippen LogP contribution is -2.39. The lowest BCUT2D eigenvalue weighted by Gasteiger charge is -2.20. The molecule has 0 aromatic carbocycles. The molecule has 1 saturated heterocycles. The van der Waals surface area contributed by atoms with Crippen LogP contribution in [0.1, 0.15) is 44.6 Å². The van der Waals surface area contributed by atoms with Crippen LogP contribution in [0.3, 0.4) is 0 Å². The van der Waals surface area contributed by atoms with Gasteiger partial charge < -0.3 is 20.3 Å². The van der Waals surface area contributed by atoms with Gasteiger partial charge in [0.05, 0.1) is 13.7 Å². The van der Waals surface area contributed by atoms with Gasteiger partial charge >= 0.3 is 0 Å². The number of pyridine rings is 1. The molecule has 0 atom stereocenters. The van der Waals surface area contributed by atoms with Gasteiger partial charge in [0.1, 0.15) is 0 Å². The van der Waals surface area contributed by atoms with E-state index in [-0.39, 0.29) is 0 Å². The van der Waals surface area contributed by atoms with Crippen LogP contribution in [0.4, 0.5) is 0 Å². The fourth-order valence-electron chi connectivity index (χ4n) is 2.92. The van der Waals surface area contributed by atoms with E-state index in [1.54, 1.807) is 13.3 Å². The van der Waals surface area contributed by atoms with Crippen molar-refractivity contribution in [1.82, 2.24) is 20.5 Å². The Bertz CT molecular complexity index is 591. The minimum absolute atomic E-state index is 0.301. The normalized spacial score (nSPS) is 15.5. The van der Waals surface area contributed by atoms with Crippen molar-refractivity contribution < 1.29 is 9.53 Å². The van der Waals surface area contributed by atoms with Crippen molar-refractivity contribution in [2.24, 2.45) is 4.99 Å². The number of carbonyl (C=O) groups is 1. The molecule has 0 aliphatic carbocycles. The van der Waals surface area contributed by atoms with Gasteiger partial charge in [-0.1, -0.05) is 6.42 Å². The molecule has 1 aromatic heterocycles. The zero-order valence-corrected chi connectivity index (χ0v) is 16.0. The van der Waals surface area contributed by atoms with E-state index in [1.807, 2.05) is 24.0 Å². The van der Waals surface area contributed by atoms with Gasteiger partial charge in [-0.15, -0.1) is 0 Å². The highest BCUT2D eigenvalue weighted by Crippen LogP contribution is 2.11. The lowest BCUT2D eigenvalue weighted by atomic mass is 10.2. The van der Waals surface area contributed by atoms with Crippen LogP contribution in [0.5, 0.6) is 5.88 Å². The molecule has 2 rings (SSSR count). The Hall–Kier alpha value is -2.31. The number of guanidine groups is 1. The van der Waals surface area contributed by atoms with Crippen LogP contribution in [-0.4, -0.2) is 55.0 Å². The SMILES string of the molecule is CCNC(=NCc1ccnc(OC)c1)NCCCN1CCCCCC1=O. The lowest BCUT2D eigenvalue weighted by molar-refractivity contribution is -0.130. The largest absolute Gasteiger partial charge is 0.481 e. The molecule has 1 fully saturated rings. The van der Waals surface area contributed by atoms with Gasteiger partial charge in [0.15, 0.2) is 5.96 Å². The third-order valence-electron chi connectivity index (χ3n) is 4.34.